The van der Waals surface area contributed by atoms with Crippen LogP contribution in [0.25, 0.3) is 0 Å². The van der Waals surface area contributed by atoms with Crippen LogP contribution in [0.1, 0.15) is 23.5 Å². The lowest BCUT2D eigenvalue weighted by Crippen LogP contribution is -2.33. The fraction of sp³-hybridized carbons (Fsp3) is 0.176. The first-order chi connectivity index (χ1) is 10.7. The van der Waals surface area contributed by atoms with Crippen LogP contribution in [-0.4, -0.2) is 18.7 Å². The van der Waals surface area contributed by atoms with Gasteiger partial charge in [0, 0.05) is 12.0 Å². The van der Waals surface area contributed by atoms with Gasteiger partial charge in [-0.25, -0.2) is 9.82 Å². The molecule has 4 nitrogen and oxygen atoms in total. The lowest BCUT2D eigenvalue weighted by Gasteiger charge is -2.22. The number of carbonyl (C=O) groups excluding carboxylic acids is 1. The van der Waals surface area contributed by atoms with E-state index in [-0.39, 0.29) is 17.6 Å². The lowest BCUT2D eigenvalue weighted by atomic mass is 9.89. The van der Waals surface area contributed by atoms with Crippen molar-refractivity contribution in [3.8, 4) is 5.75 Å². The monoisotopic (exact) mass is 298 g/mol. The summed E-state index contributed by atoms with van der Waals surface area (Å²) >= 11 is 0. The second-order valence-corrected chi connectivity index (χ2v) is 5.07. The average molecular weight is 298 g/mol. The average Bonchev–Trinajstić information content (AvgIpc) is 2.56. The molecule has 2 aromatic carbocycles. The predicted molar refractivity (Wildman–Crippen MR) is 81.4 cm³/mol. The highest BCUT2D eigenvalue weighted by Gasteiger charge is 2.27. The Bertz CT molecular complexity index is 726. The summed E-state index contributed by atoms with van der Waals surface area (Å²) in [6.45, 7) is 0. The standard InChI is InChI=1S/C17H15FN2O2/c1-22-14-4-2-3-12(9-14)16-10-15(17(21)20-19-16)11-5-7-13(18)8-6-11/h2-9,15H,10H2,1H3,(H,20,21). The fourth-order valence-electron chi connectivity index (χ4n) is 2.48. The molecule has 112 valence electrons. The number of carbonyl (C=O) groups is 1. The van der Waals surface area contributed by atoms with E-state index >= 15 is 0 Å². The van der Waals surface area contributed by atoms with E-state index in [4.69, 9.17) is 4.74 Å². The molecule has 0 bridgehead atoms. The molecule has 0 aliphatic carbocycles. The van der Waals surface area contributed by atoms with Gasteiger partial charge in [0.2, 0.25) is 5.91 Å². The number of hydrogen-bond donors (Lipinski definition) is 1. The Morgan fingerprint density at radius 2 is 2.00 bits per heavy atom. The number of nitrogens with one attached hydrogen (secondary N) is 1. The molecule has 0 saturated carbocycles. The quantitative estimate of drug-likeness (QED) is 0.947. The molecule has 5 heteroatoms. The lowest BCUT2D eigenvalue weighted by molar-refractivity contribution is -0.122. The van der Waals surface area contributed by atoms with Gasteiger partial charge < -0.3 is 4.74 Å². The topological polar surface area (TPSA) is 50.7 Å². The molecule has 0 spiro atoms. The molecule has 1 amide bonds. The van der Waals surface area contributed by atoms with Crippen molar-refractivity contribution in [2.24, 2.45) is 5.10 Å². The van der Waals surface area contributed by atoms with Crippen LogP contribution in [0.4, 0.5) is 4.39 Å². The van der Waals surface area contributed by atoms with Crippen LogP contribution in [0.15, 0.2) is 53.6 Å². The van der Waals surface area contributed by atoms with Gasteiger partial charge in [0.25, 0.3) is 0 Å². The zero-order valence-electron chi connectivity index (χ0n) is 12.0. The molecule has 1 aliphatic heterocycles. The zero-order chi connectivity index (χ0) is 15.5. The van der Waals surface area contributed by atoms with Crippen LogP contribution >= 0.6 is 0 Å². The molecule has 0 saturated heterocycles. The molecule has 1 N–H and O–H groups in total. The van der Waals surface area contributed by atoms with Gasteiger partial charge in [0.15, 0.2) is 0 Å². The van der Waals surface area contributed by atoms with E-state index in [1.165, 1.54) is 12.1 Å². The maximum absolute atomic E-state index is 13.0. The van der Waals surface area contributed by atoms with Crippen LogP contribution in [0.2, 0.25) is 0 Å². The number of benzene rings is 2. The molecule has 0 radical (unpaired) electrons. The summed E-state index contributed by atoms with van der Waals surface area (Å²) in [7, 11) is 1.60. The van der Waals surface area contributed by atoms with Crippen molar-refractivity contribution in [2.45, 2.75) is 12.3 Å². The normalized spacial score (nSPS) is 17.6. The molecule has 2 aromatic rings. The Labute approximate surface area is 127 Å². The van der Waals surface area contributed by atoms with Crippen LogP contribution < -0.4 is 10.2 Å². The first-order valence-corrected chi connectivity index (χ1v) is 6.93. The van der Waals surface area contributed by atoms with Gasteiger partial charge in [-0.3, -0.25) is 4.79 Å². The summed E-state index contributed by atoms with van der Waals surface area (Å²) in [5, 5.41) is 4.14. The Hall–Kier alpha value is -2.69. The summed E-state index contributed by atoms with van der Waals surface area (Å²) < 4.78 is 18.2. The van der Waals surface area contributed by atoms with Crippen molar-refractivity contribution in [1.82, 2.24) is 5.43 Å². The van der Waals surface area contributed by atoms with Crippen molar-refractivity contribution in [2.75, 3.05) is 7.11 Å². The van der Waals surface area contributed by atoms with Gasteiger partial charge in [-0.1, -0.05) is 24.3 Å². The Morgan fingerprint density at radius 1 is 1.23 bits per heavy atom. The molecular weight excluding hydrogens is 283 g/mol. The third-order valence-electron chi connectivity index (χ3n) is 3.69. The molecule has 3 rings (SSSR count). The number of halogens is 1. The van der Waals surface area contributed by atoms with Crippen molar-refractivity contribution in [3.63, 3.8) is 0 Å². The van der Waals surface area contributed by atoms with Crippen LogP contribution in [0.3, 0.4) is 0 Å². The Balaban J connectivity index is 1.89. The second-order valence-electron chi connectivity index (χ2n) is 5.07. The number of ether oxygens (including phenoxy) is 1. The SMILES string of the molecule is COc1cccc(C2=NNC(=O)C(c3ccc(F)cc3)C2)c1. The van der Waals surface area contributed by atoms with E-state index in [1.807, 2.05) is 24.3 Å². The zero-order valence-corrected chi connectivity index (χ0v) is 12.0. The number of amides is 1. The largest absolute Gasteiger partial charge is 0.497 e. The smallest absolute Gasteiger partial charge is 0.248 e. The van der Waals surface area contributed by atoms with Gasteiger partial charge >= 0.3 is 0 Å². The number of nitrogens with zero attached hydrogens (tertiary/aromatic N) is 1. The first-order valence-electron chi connectivity index (χ1n) is 6.93. The van der Waals surface area contributed by atoms with E-state index in [9.17, 15) is 9.18 Å². The Kier molecular flexibility index (Phi) is 3.87. The molecule has 1 heterocycles. The summed E-state index contributed by atoms with van der Waals surface area (Å²) in [6, 6.07) is 13.5. The molecule has 0 aromatic heterocycles. The Morgan fingerprint density at radius 3 is 2.73 bits per heavy atom. The molecule has 1 aliphatic rings. The fourth-order valence-corrected chi connectivity index (χ4v) is 2.48. The van der Waals surface area contributed by atoms with Crippen molar-refractivity contribution in [1.29, 1.82) is 0 Å². The number of hydrazone groups is 1. The van der Waals surface area contributed by atoms with Crippen molar-refractivity contribution in [3.05, 3.63) is 65.5 Å². The van der Waals surface area contributed by atoms with Crippen LogP contribution in [-0.2, 0) is 4.79 Å². The van der Waals surface area contributed by atoms with Crippen LogP contribution in [0, 0.1) is 5.82 Å². The third-order valence-corrected chi connectivity index (χ3v) is 3.69. The highest BCUT2D eigenvalue weighted by Crippen LogP contribution is 2.26. The van der Waals surface area contributed by atoms with E-state index in [2.05, 4.69) is 10.5 Å². The molecule has 22 heavy (non-hydrogen) atoms. The number of rotatable bonds is 3. The minimum Gasteiger partial charge on any atom is -0.497 e. The van der Waals surface area contributed by atoms with Gasteiger partial charge in [0.05, 0.1) is 18.7 Å². The third kappa shape index (κ3) is 2.83. The van der Waals surface area contributed by atoms with E-state index in [0.717, 1.165) is 22.6 Å². The minimum absolute atomic E-state index is 0.182. The summed E-state index contributed by atoms with van der Waals surface area (Å²) in [4.78, 5) is 12.0. The van der Waals surface area contributed by atoms with Gasteiger partial charge in [-0.05, 0) is 29.8 Å². The predicted octanol–water partition coefficient (Wildman–Crippen LogP) is 2.84. The maximum atomic E-state index is 13.0. The van der Waals surface area contributed by atoms with Crippen molar-refractivity contribution >= 4 is 11.6 Å². The highest BCUT2D eigenvalue weighted by molar-refractivity contribution is 6.06. The summed E-state index contributed by atoms with van der Waals surface area (Å²) in [5.74, 6) is -0.144. The molecule has 1 atom stereocenters. The molecular formula is C17H15FN2O2. The molecule has 0 fully saturated rings. The first kappa shape index (κ1) is 14.3. The van der Waals surface area contributed by atoms with Crippen LogP contribution in [0.5, 0.6) is 5.75 Å². The van der Waals surface area contributed by atoms with Gasteiger partial charge in [0.1, 0.15) is 11.6 Å². The van der Waals surface area contributed by atoms with E-state index < -0.39 is 0 Å². The van der Waals surface area contributed by atoms with E-state index in [1.54, 1.807) is 19.2 Å². The summed E-state index contributed by atoms with van der Waals surface area (Å²) in [5.41, 5.74) is 4.98. The molecule has 1 unspecified atom stereocenters. The van der Waals surface area contributed by atoms with Gasteiger partial charge in [-0.15, -0.1) is 0 Å². The van der Waals surface area contributed by atoms with Crippen molar-refractivity contribution < 1.29 is 13.9 Å². The summed E-state index contributed by atoms with van der Waals surface area (Å²) in [6.07, 6.45) is 0.463. The second kappa shape index (κ2) is 5.97. The van der Waals surface area contributed by atoms with Gasteiger partial charge in [-0.2, -0.15) is 5.10 Å². The highest BCUT2D eigenvalue weighted by atomic mass is 19.1. The maximum Gasteiger partial charge on any atom is 0.248 e. The number of hydrogen-bond acceptors (Lipinski definition) is 3. The number of methoxy groups -OCH3 is 1. The minimum atomic E-state index is -0.376. The van der Waals surface area contributed by atoms with E-state index in [0.29, 0.717) is 6.42 Å².